The van der Waals surface area contributed by atoms with Crippen LogP contribution in [-0.2, 0) is 6.54 Å². The lowest BCUT2D eigenvalue weighted by molar-refractivity contribution is 0.602. The lowest BCUT2D eigenvalue weighted by atomic mass is 10.1. The third-order valence-electron chi connectivity index (χ3n) is 4.11. The maximum atomic E-state index is 4.67. The molecule has 1 unspecified atom stereocenters. The van der Waals surface area contributed by atoms with Gasteiger partial charge >= 0.3 is 0 Å². The van der Waals surface area contributed by atoms with E-state index < -0.39 is 0 Å². The topological polar surface area (TPSA) is 28.2 Å². The van der Waals surface area contributed by atoms with Crippen molar-refractivity contribution in [1.29, 1.82) is 0 Å². The zero-order valence-electron chi connectivity index (χ0n) is 12.7. The molecule has 3 heteroatoms. The van der Waals surface area contributed by atoms with Crippen LogP contribution in [0.25, 0.3) is 0 Å². The number of hydrogen-bond donors (Lipinski definition) is 1. The van der Waals surface area contributed by atoms with E-state index in [0.717, 1.165) is 24.8 Å². The third kappa shape index (κ3) is 3.69. The van der Waals surface area contributed by atoms with Crippen LogP contribution in [0.3, 0.4) is 0 Å². The molecule has 19 heavy (non-hydrogen) atoms. The first-order valence-corrected chi connectivity index (χ1v) is 7.52. The van der Waals surface area contributed by atoms with Gasteiger partial charge in [0.1, 0.15) is 5.82 Å². The van der Waals surface area contributed by atoms with Gasteiger partial charge in [-0.25, -0.2) is 4.98 Å². The summed E-state index contributed by atoms with van der Waals surface area (Å²) in [7, 11) is 2.17. The number of hydrogen-bond acceptors (Lipinski definition) is 3. The molecule has 106 valence electrons. The van der Waals surface area contributed by atoms with Gasteiger partial charge < -0.3 is 10.2 Å². The fourth-order valence-electron chi connectivity index (χ4n) is 2.59. The Kier molecular flexibility index (Phi) is 4.81. The zero-order chi connectivity index (χ0) is 13.8. The van der Waals surface area contributed by atoms with Gasteiger partial charge in [0.2, 0.25) is 0 Å². The van der Waals surface area contributed by atoms with Gasteiger partial charge in [-0.2, -0.15) is 0 Å². The van der Waals surface area contributed by atoms with E-state index in [2.05, 4.69) is 49.1 Å². The van der Waals surface area contributed by atoms with Crippen molar-refractivity contribution in [3.63, 3.8) is 0 Å². The SMILES string of the molecule is CCCNCc1cnc(N(C)C(C)C2CC2)c(C)c1. The minimum atomic E-state index is 0.607. The smallest absolute Gasteiger partial charge is 0.131 e. The molecule has 0 radical (unpaired) electrons. The number of aryl methyl sites for hydroxylation is 1. The van der Waals surface area contributed by atoms with Gasteiger partial charge in [-0.05, 0) is 62.8 Å². The monoisotopic (exact) mass is 261 g/mol. The highest BCUT2D eigenvalue weighted by Crippen LogP contribution is 2.36. The first kappa shape index (κ1) is 14.3. The van der Waals surface area contributed by atoms with Crippen LogP contribution in [0.1, 0.15) is 44.2 Å². The molecule has 0 saturated heterocycles. The normalized spacial score (nSPS) is 16.4. The molecular formula is C16H27N3. The van der Waals surface area contributed by atoms with Gasteiger partial charge in [-0.3, -0.25) is 0 Å². The van der Waals surface area contributed by atoms with Crippen molar-refractivity contribution in [3.8, 4) is 0 Å². The van der Waals surface area contributed by atoms with Crippen LogP contribution in [0.4, 0.5) is 5.82 Å². The Hall–Kier alpha value is -1.09. The average molecular weight is 261 g/mol. The van der Waals surface area contributed by atoms with Gasteiger partial charge in [0.15, 0.2) is 0 Å². The minimum Gasteiger partial charge on any atom is -0.356 e. The highest BCUT2D eigenvalue weighted by molar-refractivity contribution is 5.47. The van der Waals surface area contributed by atoms with Crippen LogP contribution in [0, 0.1) is 12.8 Å². The summed E-state index contributed by atoms with van der Waals surface area (Å²) < 4.78 is 0. The molecule has 1 atom stereocenters. The fraction of sp³-hybridized carbons (Fsp3) is 0.688. The van der Waals surface area contributed by atoms with Crippen LogP contribution in [0.15, 0.2) is 12.3 Å². The molecule has 1 N–H and O–H groups in total. The maximum absolute atomic E-state index is 4.67. The van der Waals surface area contributed by atoms with E-state index in [9.17, 15) is 0 Å². The van der Waals surface area contributed by atoms with Crippen molar-refractivity contribution in [2.75, 3.05) is 18.5 Å². The van der Waals surface area contributed by atoms with Crippen molar-refractivity contribution in [3.05, 3.63) is 23.4 Å². The largest absolute Gasteiger partial charge is 0.356 e. The molecule has 1 heterocycles. The number of nitrogens with zero attached hydrogens (tertiary/aromatic N) is 2. The van der Waals surface area contributed by atoms with Crippen molar-refractivity contribution >= 4 is 5.82 Å². The van der Waals surface area contributed by atoms with Gasteiger partial charge in [0.25, 0.3) is 0 Å². The molecule has 1 fully saturated rings. The van der Waals surface area contributed by atoms with Crippen LogP contribution in [0.2, 0.25) is 0 Å². The number of pyridine rings is 1. The zero-order valence-corrected chi connectivity index (χ0v) is 12.7. The molecule has 0 amide bonds. The number of aromatic nitrogens is 1. The predicted molar refractivity (Wildman–Crippen MR) is 81.6 cm³/mol. The molecule has 1 aliphatic carbocycles. The summed E-state index contributed by atoms with van der Waals surface area (Å²) in [5.74, 6) is 2.01. The number of rotatable bonds is 7. The van der Waals surface area contributed by atoms with Gasteiger partial charge in [0.05, 0.1) is 0 Å². The Morgan fingerprint density at radius 2 is 2.21 bits per heavy atom. The molecule has 2 rings (SSSR count). The van der Waals surface area contributed by atoms with E-state index in [4.69, 9.17) is 0 Å². The first-order valence-electron chi connectivity index (χ1n) is 7.52. The highest BCUT2D eigenvalue weighted by atomic mass is 15.2. The number of anilines is 1. The number of nitrogens with one attached hydrogen (secondary N) is 1. The van der Waals surface area contributed by atoms with E-state index in [0.29, 0.717) is 6.04 Å². The minimum absolute atomic E-state index is 0.607. The Labute approximate surface area is 117 Å². The molecule has 1 saturated carbocycles. The molecule has 3 nitrogen and oxygen atoms in total. The first-order chi connectivity index (χ1) is 9.13. The Bertz CT molecular complexity index is 412. The van der Waals surface area contributed by atoms with Crippen molar-refractivity contribution < 1.29 is 0 Å². The second-order valence-electron chi connectivity index (χ2n) is 5.85. The molecule has 1 aromatic rings. The summed E-state index contributed by atoms with van der Waals surface area (Å²) in [6, 6.07) is 2.87. The van der Waals surface area contributed by atoms with Crippen LogP contribution in [-0.4, -0.2) is 24.6 Å². The van der Waals surface area contributed by atoms with Gasteiger partial charge in [-0.15, -0.1) is 0 Å². The summed E-state index contributed by atoms with van der Waals surface area (Å²) in [6.45, 7) is 8.66. The standard InChI is InChI=1S/C16H27N3/c1-5-8-17-10-14-9-12(2)16(18-11-14)19(4)13(3)15-6-7-15/h9,11,13,15,17H,5-8,10H2,1-4H3. The molecule has 0 spiro atoms. The summed E-state index contributed by atoms with van der Waals surface area (Å²) in [6.07, 6.45) is 5.94. The fourth-order valence-corrected chi connectivity index (χ4v) is 2.59. The van der Waals surface area contributed by atoms with Crippen molar-refractivity contribution in [2.45, 2.75) is 52.6 Å². The summed E-state index contributed by atoms with van der Waals surface area (Å²) >= 11 is 0. The Balaban J connectivity index is 2.01. The molecule has 0 bridgehead atoms. The summed E-state index contributed by atoms with van der Waals surface area (Å²) in [5, 5.41) is 3.42. The summed E-state index contributed by atoms with van der Waals surface area (Å²) in [4.78, 5) is 7.02. The van der Waals surface area contributed by atoms with Crippen molar-refractivity contribution in [2.24, 2.45) is 5.92 Å². The second-order valence-corrected chi connectivity index (χ2v) is 5.85. The van der Waals surface area contributed by atoms with Crippen LogP contribution in [0.5, 0.6) is 0 Å². The predicted octanol–water partition coefficient (Wildman–Crippen LogP) is 3.12. The highest BCUT2D eigenvalue weighted by Gasteiger charge is 2.31. The molecule has 0 aromatic carbocycles. The summed E-state index contributed by atoms with van der Waals surface area (Å²) in [5.41, 5.74) is 2.56. The maximum Gasteiger partial charge on any atom is 0.131 e. The van der Waals surface area contributed by atoms with Crippen LogP contribution >= 0.6 is 0 Å². The average Bonchev–Trinajstić information content (AvgIpc) is 3.22. The van der Waals surface area contributed by atoms with E-state index in [1.165, 1.54) is 30.4 Å². The van der Waals surface area contributed by atoms with E-state index in [-0.39, 0.29) is 0 Å². The molecular weight excluding hydrogens is 234 g/mol. The van der Waals surface area contributed by atoms with Gasteiger partial charge in [-0.1, -0.05) is 6.92 Å². The molecule has 1 aliphatic rings. The van der Waals surface area contributed by atoms with Crippen LogP contribution < -0.4 is 10.2 Å². The van der Waals surface area contributed by atoms with Gasteiger partial charge in [0, 0.05) is 25.8 Å². The van der Waals surface area contributed by atoms with Crippen molar-refractivity contribution in [1.82, 2.24) is 10.3 Å². The Morgan fingerprint density at radius 1 is 1.47 bits per heavy atom. The lowest BCUT2D eigenvalue weighted by Crippen LogP contribution is -2.32. The van der Waals surface area contributed by atoms with E-state index in [1.54, 1.807) is 0 Å². The molecule has 1 aromatic heterocycles. The van der Waals surface area contributed by atoms with E-state index in [1.807, 2.05) is 6.20 Å². The quantitative estimate of drug-likeness (QED) is 0.764. The molecule has 0 aliphatic heterocycles. The third-order valence-corrected chi connectivity index (χ3v) is 4.11. The second kappa shape index (κ2) is 6.38. The lowest BCUT2D eigenvalue weighted by Gasteiger charge is -2.27. The Morgan fingerprint density at radius 3 is 2.79 bits per heavy atom. The van der Waals surface area contributed by atoms with E-state index >= 15 is 0 Å².